The molecule has 1 aliphatic heterocycles. The highest BCUT2D eigenvalue weighted by molar-refractivity contribution is 7.91. The Balaban J connectivity index is 1.60. The quantitative estimate of drug-likeness (QED) is 0.766. The van der Waals surface area contributed by atoms with E-state index in [2.05, 4.69) is 0 Å². The van der Waals surface area contributed by atoms with Gasteiger partial charge in [-0.05, 0) is 31.4 Å². The third kappa shape index (κ3) is 3.52. The molecule has 0 aromatic heterocycles. The van der Waals surface area contributed by atoms with Gasteiger partial charge in [0.25, 0.3) is 0 Å². The van der Waals surface area contributed by atoms with Gasteiger partial charge in [-0.25, -0.2) is 12.8 Å². The van der Waals surface area contributed by atoms with Crippen LogP contribution in [0, 0.1) is 5.82 Å². The molecule has 154 valence electrons. The summed E-state index contributed by atoms with van der Waals surface area (Å²) in [4.78, 5) is 15.1. The van der Waals surface area contributed by atoms with E-state index in [0.29, 0.717) is 18.6 Å². The van der Waals surface area contributed by atoms with E-state index in [9.17, 15) is 17.6 Å². The largest absolute Gasteiger partial charge is 0.496 e. The first-order valence-electron chi connectivity index (χ1n) is 9.78. The Morgan fingerprint density at radius 2 is 1.79 bits per heavy atom. The summed E-state index contributed by atoms with van der Waals surface area (Å²) in [6, 6.07) is 13.5. The van der Waals surface area contributed by atoms with Gasteiger partial charge in [0.05, 0.1) is 23.5 Å². The SMILES string of the molecule is COc1ccccc1C1(C(=O)N2CCC(c3ccccc3F)S(=O)(=O)CC2)CC1. The Kier molecular flexibility index (Phi) is 5.11. The van der Waals surface area contributed by atoms with Gasteiger partial charge in [0, 0.05) is 24.2 Å². The molecule has 7 heteroatoms. The van der Waals surface area contributed by atoms with Crippen LogP contribution < -0.4 is 4.74 Å². The maximum Gasteiger partial charge on any atom is 0.233 e. The minimum Gasteiger partial charge on any atom is -0.496 e. The van der Waals surface area contributed by atoms with Crippen molar-refractivity contribution in [1.29, 1.82) is 0 Å². The number of amides is 1. The second-order valence-electron chi connectivity index (χ2n) is 7.74. The minimum atomic E-state index is -3.56. The van der Waals surface area contributed by atoms with Crippen molar-refractivity contribution >= 4 is 15.7 Å². The standard InChI is InChI=1S/C22H24FNO4S/c1-28-19-9-5-3-7-17(19)22(11-12-22)21(25)24-13-10-20(29(26,27)15-14-24)16-6-2-4-8-18(16)23/h2-9,20H,10-15H2,1H3. The fourth-order valence-electron chi connectivity index (χ4n) is 4.30. The molecule has 0 N–H and O–H groups in total. The van der Waals surface area contributed by atoms with Crippen LogP contribution in [0.2, 0.25) is 0 Å². The van der Waals surface area contributed by atoms with Crippen molar-refractivity contribution in [2.24, 2.45) is 0 Å². The first-order chi connectivity index (χ1) is 13.9. The molecule has 1 saturated carbocycles. The zero-order valence-electron chi connectivity index (χ0n) is 16.3. The summed E-state index contributed by atoms with van der Waals surface area (Å²) < 4.78 is 45.4. The zero-order valence-corrected chi connectivity index (χ0v) is 17.1. The summed E-state index contributed by atoms with van der Waals surface area (Å²) in [5.74, 6) is -0.0790. The van der Waals surface area contributed by atoms with Crippen molar-refractivity contribution in [3.05, 3.63) is 65.5 Å². The molecule has 2 aliphatic rings. The number of hydrogen-bond donors (Lipinski definition) is 0. The van der Waals surface area contributed by atoms with Crippen molar-refractivity contribution in [3.8, 4) is 5.75 Å². The van der Waals surface area contributed by atoms with Gasteiger partial charge in [0.2, 0.25) is 5.91 Å². The maximum absolute atomic E-state index is 14.3. The number of nitrogens with zero attached hydrogens (tertiary/aromatic N) is 1. The third-order valence-corrected chi connectivity index (χ3v) is 8.17. The van der Waals surface area contributed by atoms with E-state index >= 15 is 0 Å². The number of carbonyl (C=O) groups is 1. The molecule has 1 atom stereocenters. The van der Waals surface area contributed by atoms with Crippen molar-refractivity contribution in [3.63, 3.8) is 0 Å². The lowest BCUT2D eigenvalue weighted by Crippen LogP contribution is -2.41. The molecule has 1 unspecified atom stereocenters. The van der Waals surface area contributed by atoms with Gasteiger partial charge in [-0.15, -0.1) is 0 Å². The van der Waals surface area contributed by atoms with E-state index < -0.39 is 26.3 Å². The van der Waals surface area contributed by atoms with Gasteiger partial charge in [0.15, 0.2) is 9.84 Å². The van der Waals surface area contributed by atoms with E-state index in [1.54, 1.807) is 24.1 Å². The average Bonchev–Trinajstić information content (AvgIpc) is 3.53. The lowest BCUT2D eigenvalue weighted by atomic mass is 9.93. The van der Waals surface area contributed by atoms with E-state index in [4.69, 9.17) is 4.74 Å². The van der Waals surface area contributed by atoms with Gasteiger partial charge >= 0.3 is 0 Å². The molecule has 1 heterocycles. The molecule has 1 aliphatic carbocycles. The molecular weight excluding hydrogens is 393 g/mol. The third-order valence-electron chi connectivity index (χ3n) is 6.06. The summed E-state index contributed by atoms with van der Waals surface area (Å²) in [6.07, 6.45) is 1.62. The topological polar surface area (TPSA) is 63.7 Å². The molecule has 0 spiro atoms. The molecule has 0 bridgehead atoms. The molecule has 5 nitrogen and oxygen atoms in total. The summed E-state index contributed by atoms with van der Waals surface area (Å²) >= 11 is 0. The number of rotatable bonds is 4. The molecular formula is C22H24FNO4S. The van der Waals surface area contributed by atoms with Crippen molar-refractivity contribution in [2.75, 3.05) is 26.0 Å². The van der Waals surface area contributed by atoms with Crippen molar-refractivity contribution in [2.45, 2.75) is 29.9 Å². The molecule has 29 heavy (non-hydrogen) atoms. The van der Waals surface area contributed by atoms with E-state index in [1.165, 1.54) is 12.1 Å². The number of methoxy groups -OCH3 is 1. The Bertz CT molecular complexity index is 1030. The summed E-state index contributed by atoms with van der Waals surface area (Å²) in [7, 11) is -1.98. The molecule has 0 radical (unpaired) electrons. The van der Waals surface area contributed by atoms with Crippen LogP contribution in [0.1, 0.15) is 35.6 Å². The van der Waals surface area contributed by atoms with Crippen LogP contribution in [0.25, 0.3) is 0 Å². The van der Waals surface area contributed by atoms with Crippen LogP contribution in [-0.4, -0.2) is 45.2 Å². The highest BCUT2D eigenvalue weighted by Gasteiger charge is 2.54. The molecule has 4 rings (SSSR count). The van der Waals surface area contributed by atoms with Gasteiger partial charge in [0.1, 0.15) is 11.6 Å². The monoisotopic (exact) mass is 417 g/mol. The average molecular weight is 418 g/mol. The zero-order chi connectivity index (χ0) is 20.6. The number of sulfone groups is 1. The van der Waals surface area contributed by atoms with Crippen LogP contribution in [-0.2, 0) is 20.0 Å². The normalized spacial score (nSPS) is 22.6. The van der Waals surface area contributed by atoms with E-state index in [0.717, 1.165) is 5.56 Å². The van der Waals surface area contributed by atoms with Crippen LogP contribution in [0.3, 0.4) is 0 Å². The predicted molar refractivity (Wildman–Crippen MR) is 108 cm³/mol. The summed E-state index contributed by atoms with van der Waals surface area (Å²) in [6.45, 7) is 0.414. The Labute approximate surface area is 170 Å². The fraction of sp³-hybridized carbons (Fsp3) is 0.409. The van der Waals surface area contributed by atoms with Gasteiger partial charge < -0.3 is 9.64 Å². The summed E-state index contributed by atoms with van der Waals surface area (Å²) in [5, 5.41) is -0.928. The first-order valence-corrected chi connectivity index (χ1v) is 11.5. The highest BCUT2D eigenvalue weighted by Crippen LogP contribution is 2.52. The van der Waals surface area contributed by atoms with Crippen LogP contribution in [0.5, 0.6) is 5.75 Å². The lowest BCUT2D eigenvalue weighted by molar-refractivity contribution is -0.133. The second-order valence-corrected chi connectivity index (χ2v) is 10.0. The van der Waals surface area contributed by atoms with E-state index in [-0.39, 0.29) is 36.7 Å². The Morgan fingerprint density at radius 1 is 1.10 bits per heavy atom. The van der Waals surface area contributed by atoms with Gasteiger partial charge in [-0.3, -0.25) is 4.79 Å². The number of para-hydroxylation sites is 1. The maximum atomic E-state index is 14.3. The van der Waals surface area contributed by atoms with Gasteiger partial charge in [-0.2, -0.15) is 0 Å². The van der Waals surface area contributed by atoms with Crippen LogP contribution >= 0.6 is 0 Å². The first kappa shape index (κ1) is 19.9. The molecule has 1 amide bonds. The van der Waals surface area contributed by atoms with Crippen LogP contribution in [0.15, 0.2) is 48.5 Å². The Hall–Kier alpha value is -2.41. The van der Waals surface area contributed by atoms with Crippen molar-refractivity contribution in [1.82, 2.24) is 4.90 Å². The molecule has 1 saturated heterocycles. The molecule has 2 aromatic carbocycles. The molecule has 2 aromatic rings. The van der Waals surface area contributed by atoms with Crippen LogP contribution in [0.4, 0.5) is 4.39 Å². The van der Waals surface area contributed by atoms with Crippen molar-refractivity contribution < 1.29 is 22.3 Å². The van der Waals surface area contributed by atoms with Gasteiger partial charge in [-0.1, -0.05) is 36.4 Å². The van der Waals surface area contributed by atoms with E-state index in [1.807, 2.05) is 24.3 Å². The Morgan fingerprint density at radius 3 is 2.48 bits per heavy atom. The second kappa shape index (κ2) is 7.44. The smallest absolute Gasteiger partial charge is 0.233 e. The summed E-state index contributed by atoms with van der Waals surface area (Å²) in [5.41, 5.74) is 0.395. The number of benzene rings is 2. The number of ether oxygens (including phenoxy) is 1. The number of halogens is 1. The number of carbonyl (C=O) groups excluding carboxylic acids is 1. The predicted octanol–water partition coefficient (Wildman–Crippen LogP) is 3.25. The molecule has 2 fully saturated rings. The lowest BCUT2D eigenvalue weighted by Gasteiger charge is -2.27. The highest BCUT2D eigenvalue weighted by atomic mass is 32.2. The fourth-order valence-corrected chi connectivity index (χ4v) is 6.10. The minimum absolute atomic E-state index is 0.0635. The number of hydrogen-bond acceptors (Lipinski definition) is 4.